The molecular formula is C20H28N2O6. The quantitative estimate of drug-likeness (QED) is 0.565. The molecule has 1 aliphatic rings. The summed E-state index contributed by atoms with van der Waals surface area (Å²) in [5.74, 6) is -2.11. The van der Waals surface area contributed by atoms with Gasteiger partial charge in [-0.2, -0.15) is 0 Å². The van der Waals surface area contributed by atoms with Crippen LogP contribution in [0, 0.1) is 0 Å². The molecule has 2 N–H and O–H groups in total. The first-order chi connectivity index (χ1) is 13.2. The number of hydrogen-bond donors (Lipinski definition) is 2. The van der Waals surface area contributed by atoms with Crippen molar-refractivity contribution < 1.29 is 29.0 Å². The monoisotopic (exact) mass is 392 g/mol. The van der Waals surface area contributed by atoms with Gasteiger partial charge in [-0.1, -0.05) is 30.3 Å². The molecule has 1 atom stereocenters. The molecule has 1 amide bonds. The first-order valence-electron chi connectivity index (χ1n) is 9.33. The summed E-state index contributed by atoms with van der Waals surface area (Å²) in [5.41, 5.74) is 0.217. The van der Waals surface area contributed by atoms with Crippen molar-refractivity contribution in [1.29, 1.82) is 0 Å². The van der Waals surface area contributed by atoms with Gasteiger partial charge < -0.3 is 19.5 Å². The molecule has 8 nitrogen and oxygen atoms in total. The third-order valence-electron chi connectivity index (χ3n) is 4.26. The molecule has 28 heavy (non-hydrogen) atoms. The van der Waals surface area contributed by atoms with E-state index in [0.29, 0.717) is 25.9 Å². The van der Waals surface area contributed by atoms with Gasteiger partial charge in [0.05, 0.1) is 0 Å². The predicted octanol–water partition coefficient (Wildman–Crippen LogP) is 2.17. The summed E-state index contributed by atoms with van der Waals surface area (Å²) in [6, 6.07) is 7.41. The lowest BCUT2D eigenvalue weighted by atomic mass is 10.0. The molecule has 0 aromatic heterocycles. The summed E-state index contributed by atoms with van der Waals surface area (Å²) < 4.78 is 10.5. The van der Waals surface area contributed by atoms with E-state index in [0.717, 1.165) is 5.56 Å². The number of esters is 1. The second-order valence-corrected chi connectivity index (χ2v) is 7.77. The van der Waals surface area contributed by atoms with E-state index >= 15 is 0 Å². The largest absolute Gasteiger partial charge is 0.480 e. The van der Waals surface area contributed by atoms with E-state index in [1.54, 1.807) is 37.8 Å². The van der Waals surface area contributed by atoms with Crippen LogP contribution < -0.4 is 5.32 Å². The first-order valence-corrected chi connectivity index (χ1v) is 9.33. The fourth-order valence-corrected chi connectivity index (χ4v) is 2.84. The Kier molecular flexibility index (Phi) is 7.39. The normalized spacial score (nSPS) is 16.3. The Morgan fingerprint density at radius 2 is 1.79 bits per heavy atom. The Bertz CT molecular complexity index is 678. The predicted molar refractivity (Wildman–Crippen MR) is 102 cm³/mol. The van der Waals surface area contributed by atoms with Crippen LogP contribution in [0.5, 0.6) is 0 Å². The van der Waals surface area contributed by atoms with Crippen molar-refractivity contribution in [2.24, 2.45) is 0 Å². The van der Waals surface area contributed by atoms with E-state index in [1.165, 1.54) is 0 Å². The van der Waals surface area contributed by atoms with Crippen molar-refractivity contribution in [1.82, 2.24) is 10.2 Å². The molecular weight excluding hydrogens is 364 g/mol. The second-order valence-electron chi connectivity index (χ2n) is 7.77. The summed E-state index contributed by atoms with van der Waals surface area (Å²) in [5, 5.41) is 12.2. The van der Waals surface area contributed by atoms with Crippen molar-refractivity contribution in [3.05, 3.63) is 35.9 Å². The number of rotatable bonds is 6. The molecule has 0 bridgehead atoms. The van der Waals surface area contributed by atoms with Gasteiger partial charge in [0.1, 0.15) is 12.2 Å². The Labute approximate surface area is 164 Å². The van der Waals surface area contributed by atoms with Crippen molar-refractivity contribution in [3.8, 4) is 0 Å². The molecule has 1 heterocycles. The molecule has 0 saturated carbocycles. The number of carboxylic acids is 1. The highest BCUT2D eigenvalue weighted by atomic mass is 16.6. The van der Waals surface area contributed by atoms with Crippen LogP contribution in [0.3, 0.4) is 0 Å². The highest BCUT2D eigenvalue weighted by Gasteiger charge is 2.33. The maximum atomic E-state index is 12.2. The van der Waals surface area contributed by atoms with E-state index < -0.39 is 23.6 Å². The molecule has 1 fully saturated rings. The number of nitrogens with one attached hydrogen (secondary N) is 1. The van der Waals surface area contributed by atoms with Crippen LogP contribution in [-0.2, 0) is 25.7 Å². The molecule has 0 aliphatic carbocycles. The average molecular weight is 392 g/mol. The van der Waals surface area contributed by atoms with Crippen molar-refractivity contribution in [3.63, 3.8) is 0 Å². The zero-order valence-corrected chi connectivity index (χ0v) is 16.5. The minimum absolute atomic E-state index is 0.0161. The van der Waals surface area contributed by atoms with Crippen molar-refractivity contribution in [2.45, 2.75) is 57.9 Å². The van der Waals surface area contributed by atoms with Gasteiger partial charge in [0.25, 0.3) is 0 Å². The van der Waals surface area contributed by atoms with Gasteiger partial charge in [-0.15, -0.1) is 0 Å². The number of piperidine rings is 1. The molecule has 1 aromatic rings. The second kappa shape index (κ2) is 9.54. The maximum absolute atomic E-state index is 12.2. The SMILES string of the molecule is CC(C)(C)OC(=O)N1CCC(NC(C(=O)O)C(=O)OCc2ccccc2)CC1. The molecule has 2 rings (SSSR count). The van der Waals surface area contributed by atoms with Crippen LogP contribution in [0.1, 0.15) is 39.2 Å². The van der Waals surface area contributed by atoms with E-state index in [4.69, 9.17) is 9.47 Å². The summed E-state index contributed by atoms with van der Waals surface area (Å²) in [6.45, 7) is 6.28. The molecule has 8 heteroatoms. The molecule has 154 valence electrons. The van der Waals surface area contributed by atoms with Gasteiger partial charge in [0.15, 0.2) is 0 Å². The number of nitrogens with zero attached hydrogens (tertiary/aromatic N) is 1. The Morgan fingerprint density at radius 1 is 1.18 bits per heavy atom. The maximum Gasteiger partial charge on any atom is 0.410 e. The van der Waals surface area contributed by atoms with E-state index in [9.17, 15) is 19.5 Å². The number of benzene rings is 1. The molecule has 0 radical (unpaired) electrons. The Hall–Kier alpha value is -2.61. The zero-order valence-electron chi connectivity index (χ0n) is 16.5. The van der Waals surface area contributed by atoms with Gasteiger partial charge in [-0.25, -0.2) is 14.4 Å². The summed E-state index contributed by atoms with van der Waals surface area (Å²) in [7, 11) is 0. The number of carbonyl (C=O) groups is 3. The Morgan fingerprint density at radius 3 is 2.32 bits per heavy atom. The third kappa shape index (κ3) is 6.84. The topological polar surface area (TPSA) is 105 Å². The lowest BCUT2D eigenvalue weighted by Crippen LogP contribution is -2.53. The standard InChI is InChI=1S/C20H28N2O6/c1-20(2,3)28-19(26)22-11-9-15(10-12-22)21-16(17(23)24)18(25)27-13-14-7-5-4-6-8-14/h4-8,15-16,21H,9-13H2,1-3H3,(H,23,24). The molecule has 1 unspecified atom stereocenters. The van der Waals surface area contributed by atoms with E-state index in [1.807, 2.05) is 18.2 Å². The number of carboxylic acid groups (broad SMARTS) is 1. The first kappa shape index (κ1) is 21.7. The van der Waals surface area contributed by atoms with Crippen molar-refractivity contribution in [2.75, 3.05) is 13.1 Å². The van der Waals surface area contributed by atoms with Gasteiger partial charge in [-0.05, 0) is 39.2 Å². The highest BCUT2D eigenvalue weighted by molar-refractivity contribution is 5.98. The van der Waals surface area contributed by atoms with Gasteiger partial charge >= 0.3 is 18.0 Å². The summed E-state index contributed by atoms with van der Waals surface area (Å²) >= 11 is 0. The molecule has 0 spiro atoms. The number of likely N-dealkylation sites (tertiary alicyclic amines) is 1. The minimum Gasteiger partial charge on any atom is -0.480 e. The van der Waals surface area contributed by atoms with E-state index in [2.05, 4.69) is 5.32 Å². The fourth-order valence-electron chi connectivity index (χ4n) is 2.84. The summed E-state index contributed by atoms with van der Waals surface area (Å²) in [4.78, 5) is 37.4. The van der Waals surface area contributed by atoms with E-state index in [-0.39, 0.29) is 18.7 Å². The van der Waals surface area contributed by atoms with Gasteiger partial charge in [0.2, 0.25) is 6.04 Å². The smallest absolute Gasteiger partial charge is 0.410 e. The number of aliphatic carboxylic acids is 1. The highest BCUT2D eigenvalue weighted by Crippen LogP contribution is 2.16. The number of hydrogen-bond acceptors (Lipinski definition) is 6. The zero-order chi connectivity index (χ0) is 20.7. The minimum atomic E-state index is -1.44. The van der Waals surface area contributed by atoms with Crippen molar-refractivity contribution >= 4 is 18.0 Å². The van der Waals surface area contributed by atoms with Gasteiger partial charge in [-0.3, -0.25) is 5.32 Å². The molecule has 1 saturated heterocycles. The lowest BCUT2D eigenvalue weighted by molar-refractivity contribution is -0.156. The van der Waals surface area contributed by atoms with Crippen LogP contribution >= 0.6 is 0 Å². The lowest BCUT2D eigenvalue weighted by Gasteiger charge is -2.34. The van der Waals surface area contributed by atoms with Gasteiger partial charge in [0, 0.05) is 19.1 Å². The van der Waals surface area contributed by atoms with Crippen LogP contribution in [0.2, 0.25) is 0 Å². The number of ether oxygens (including phenoxy) is 2. The van der Waals surface area contributed by atoms with Crippen LogP contribution in [0.4, 0.5) is 4.79 Å². The number of carbonyl (C=O) groups excluding carboxylic acids is 2. The summed E-state index contributed by atoms with van der Waals surface area (Å²) in [6.07, 6.45) is 0.660. The molecule has 1 aliphatic heterocycles. The van der Waals surface area contributed by atoms with Crippen LogP contribution in [0.25, 0.3) is 0 Å². The third-order valence-corrected chi connectivity index (χ3v) is 4.26. The fraction of sp³-hybridized carbons (Fsp3) is 0.550. The van der Waals surface area contributed by atoms with Crippen LogP contribution in [0.15, 0.2) is 30.3 Å². The van der Waals surface area contributed by atoms with Crippen LogP contribution in [-0.4, -0.2) is 58.8 Å². The Balaban J connectivity index is 1.83. The average Bonchev–Trinajstić information content (AvgIpc) is 2.64. The molecule has 1 aromatic carbocycles. The number of amides is 1.